The molecule has 0 aliphatic heterocycles. The van der Waals surface area contributed by atoms with Gasteiger partial charge in [-0.1, -0.05) is 0 Å². The van der Waals surface area contributed by atoms with E-state index in [4.69, 9.17) is 16.3 Å². The molecule has 1 aliphatic rings. The number of nitrogens with one attached hydrogen (secondary N) is 2. The van der Waals surface area contributed by atoms with Crippen LogP contribution in [0.2, 0.25) is 0 Å². The van der Waals surface area contributed by atoms with Crippen LogP contribution in [0.3, 0.4) is 0 Å². The van der Waals surface area contributed by atoms with Crippen LogP contribution in [-0.2, 0) is 4.74 Å². The number of nitrogens with zero attached hydrogens (tertiary/aromatic N) is 2. The molecule has 1 aliphatic carbocycles. The predicted molar refractivity (Wildman–Crippen MR) is 91.6 cm³/mol. The molecule has 1 saturated carbocycles. The maximum Gasteiger partial charge on any atom is 0.407 e. The SMILES string of the molecule is CNN(CC/C(N)=N\N)C1CCCC(NC(=O)OC(C)(C)C)C1. The number of carbonyl (C=O) groups is 1. The van der Waals surface area contributed by atoms with Crippen molar-refractivity contribution in [1.82, 2.24) is 15.8 Å². The van der Waals surface area contributed by atoms with Gasteiger partial charge in [-0.05, 0) is 53.5 Å². The first-order valence-corrected chi connectivity index (χ1v) is 8.21. The summed E-state index contributed by atoms with van der Waals surface area (Å²) in [6.45, 7) is 6.32. The Morgan fingerprint density at radius 3 is 2.65 bits per heavy atom. The van der Waals surface area contributed by atoms with Crippen molar-refractivity contribution >= 4 is 11.9 Å². The zero-order valence-corrected chi connectivity index (χ0v) is 14.8. The monoisotopic (exact) mass is 328 g/mol. The highest BCUT2D eigenvalue weighted by atomic mass is 16.6. The van der Waals surface area contributed by atoms with E-state index in [1.807, 2.05) is 27.8 Å². The van der Waals surface area contributed by atoms with Crippen LogP contribution in [0.5, 0.6) is 0 Å². The fourth-order valence-corrected chi connectivity index (χ4v) is 2.83. The van der Waals surface area contributed by atoms with Crippen LogP contribution < -0.4 is 22.3 Å². The standard InChI is InChI=1S/C15H32N6O2/c1-15(2,3)23-14(22)19-11-6-5-7-12(10-11)21(18-4)9-8-13(16)20-17/h11-12,18H,5-10,17H2,1-4H3,(H2,16,20)(H,19,22). The molecule has 2 atom stereocenters. The van der Waals surface area contributed by atoms with Gasteiger partial charge in [0.05, 0.1) is 0 Å². The number of hydrazine groups is 1. The fourth-order valence-electron chi connectivity index (χ4n) is 2.83. The van der Waals surface area contributed by atoms with E-state index in [1.54, 1.807) is 0 Å². The molecule has 1 rings (SSSR count). The van der Waals surface area contributed by atoms with E-state index in [1.165, 1.54) is 0 Å². The van der Waals surface area contributed by atoms with E-state index in [2.05, 4.69) is 20.9 Å². The quantitative estimate of drug-likeness (QED) is 0.249. The van der Waals surface area contributed by atoms with Gasteiger partial charge in [0.2, 0.25) is 0 Å². The molecule has 6 N–H and O–H groups in total. The normalized spacial score (nSPS) is 22.9. The third kappa shape index (κ3) is 7.51. The fraction of sp³-hybridized carbons (Fsp3) is 0.867. The van der Waals surface area contributed by atoms with Gasteiger partial charge in [0, 0.05) is 25.0 Å². The van der Waals surface area contributed by atoms with Gasteiger partial charge in [-0.2, -0.15) is 5.10 Å². The molecule has 8 nitrogen and oxygen atoms in total. The molecule has 8 heteroatoms. The summed E-state index contributed by atoms with van der Waals surface area (Å²) in [4.78, 5) is 11.9. The summed E-state index contributed by atoms with van der Waals surface area (Å²) in [5.74, 6) is 5.60. The van der Waals surface area contributed by atoms with E-state index in [9.17, 15) is 4.79 Å². The Labute approximate surface area is 138 Å². The summed E-state index contributed by atoms with van der Waals surface area (Å²) in [6, 6.07) is 0.458. The molecule has 23 heavy (non-hydrogen) atoms. The lowest BCUT2D eigenvalue weighted by atomic mass is 9.90. The molecule has 0 radical (unpaired) electrons. The zero-order chi connectivity index (χ0) is 17.5. The van der Waals surface area contributed by atoms with Gasteiger partial charge in [-0.3, -0.25) is 5.43 Å². The van der Waals surface area contributed by atoms with Crippen molar-refractivity contribution in [2.75, 3.05) is 13.6 Å². The smallest absolute Gasteiger partial charge is 0.407 e. The summed E-state index contributed by atoms with van der Waals surface area (Å²) in [6.07, 6.45) is 4.24. The van der Waals surface area contributed by atoms with Crippen molar-refractivity contribution in [3.63, 3.8) is 0 Å². The Kier molecular flexibility index (Phi) is 7.57. The number of amides is 1. The maximum atomic E-state index is 11.9. The van der Waals surface area contributed by atoms with Crippen LogP contribution in [0.25, 0.3) is 0 Å². The van der Waals surface area contributed by atoms with E-state index in [-0.39, 0.29) is 12.1 Å². The third-order valence-electron chi connectivity index (χ3n) is 3.87. The van der Waals surface area contributed by atoms with Crippen LogP contribution in [0.4, 0.5) is 4.79 Å². The number of hydrazone groups is 1. The first kappa shape index (κ1) is 19.5. The van der Waals surface area contributed by atoms with Gasteiger partial charge < -0.3 is 21.6 Å². The molecule has 0 aromatic rings. The number of carbonyl (C=O) groups excluding carboxylic acids is 1. The second-order valence-corrected chi connectivity index (χ2v) is 6.95. The van der Waals surface area contributed by atoms with Gasteiger partial charge in [0.15, 0.2) is 0 Å². The van der Waals surface area contributed by atoms with Crippen LogP contribution in [-0.4, -0.2) is 48.2 Å². The van der Waals surface area contributed by atoms with E-state index < -0.39 is 5.60 Å². The van der Waals surface area contributed by atoms with Crippen molar-refractivity contribution in [3.8, 4) is 0 Å². The van der Waals surface area contributed by atoms with Crippen LogP contribution in [0.15, 0.2) is 5.10 Å². The first-order valence-electron chi connectivity index (χ1n) is 8.21. The van der Waals surface area contributed by atoms with Gasteiger partial charge in [0.1, 0.15) is 11.4 Å². The minimum atomic E-state index is -0.478. The number of ether oxygens (including phenoxy) is 1. The van der Waals surface area contributed by atoms with E-state index in [0.717, 1.165) is 32.2 Å². The first-order chi connectivity index (χ1) is 10.7. The largest absolute Gasteiger partial charge is 0.444 e. The average molecular weight is 328 g/mol. The molecule has 1 amide bonds. The van der Waals surface area contributed by atoms with Crippen molar-refractivity contribution in [3.05, 3.63) is 0 Å². The second-order valence-electron chi connectivity index (χ2n) is 6.95. The summed E-state index contributed by atoms with van der Waals surface area (Å²) < 4.78 is 5.33. The Hall–Kier alpha value is -1.54. The van der Waals surface area contributed by atoms with Crippen molar-refractivity contribution in [1.29, 1.82) is 0 Å². The van der Waals surface area contributed by atoms with Crippen molar-refractivity contribution in [2.24, 2.45) is 16.7 Å². The number of hydrogen-bond acceptors (Lipinski definition) is 6. The van der Waals surface area contributed by atoms with Crippen molar-refractivity contribution in [2.45, 2.75) is 70.6 Å². The molecule has 0 heterocycles. The highest BCUT2D eigenvalue weighted by Crippen LogP contribution is 2.23. The lowest BCUT2D eigenvalue weighted by Gasteiger charge is -2.37. The molecule has 0 aromatic heterocycles. The molecular formula is C15H32N6O2. The Morgan fingerprint density at radius 1 is 1.39 bits per heavy atom. The molecule has 1 fully saturated rings. The molecular weight excluding hydrogens is 296 g/mol. The van der Waals surface area contributed by atoms with E-state index in [0.29, 0.717) is 18.3 Å². The molecule has 134 valence electrons. The van der Waals surface area contributed by atoms with Crippen LogP contribution >= 0.6 is 0 Å². The number of amidine groups is 1. The summed E-state index contributed by atoms with van der Waals surface area (Å²) in [5, 5.41) is 8.61. The Bertz CT molecular complexity index is 407. The Balaban J connectivity index is 2.50. The molecule has 0 aromatic carbocycles. The highest BCUT2D eigenvalue weighted by molar-refractivity contribution is 5.80. The topological polar surface area (TPSA) is 118 Å². The summed E-state index contributed by atoms with van der Waals surface area (Å²) >= 11 is 0. The maximum absolute atomic E-state index is 11.9. The minimum absolute atomic E-state index is 0.125. The summed E-state index contributed by atoms with van der Waals surface area (Å²) in [5.41, 5.74) is 8.38. The molecule has 0 bridgehead atoms. The number of nitrogens with two attached hydrogens (primary N) is 2. The van der Waals surface area contributed by atoms with E-state index >= 15 is 0 Å². The Morgan fingerprint density at radius 2 is 2.09 bits per heavy atom. The third-order valence-corrected chi connectivity index (χ3v) is 3.87. The van der Waals surface area contributed by atoms with Gasteiger partial charge in [0.25, 0.3) is 0 Å². The zero-order valence-electron chi connectivity index (χ0n) is 14.8. The molecule has 0 saturated heterocycles. The van der Waals surface area contributed by atoms with Gasteiger partial charge >= 0.3 is 6.09 Å². The number of rotatable bonds is 6. The molecule has 2 unspecified atom stereocenters. The van der Waals surface area contributed by atoms with Crippen molar-refractivity contribution < 1.29 is 9.53 Å². The lowest BCUT2D eigenvalue weighted by Crippen LogP contribution is -2.51. The predicted octanol–water partition coefficient (Wildman–Crippen LogP) is 0.880. The lowest BCUT2D eigenvalue weighted by molar-refractivity contribution is 0.0450. The average Bonchev–Trinajstić information content (AvgIpc) is 2.46. The highest BCUT2D eigenvalue weighted by Gasteiger charge is 2.28. The minimum Gasteiger partial charge on any atom is -0.444 e. The second kappa shape index (κ2) is 8.93. The number of alkyl carbamates (subject to hydrolysis) is 1. The van der Waals surface area contributed by atoms with Gasteiger partial charge in [-0.15, -0.1) is 0 Å². The summed E-state index contributed by atoms with van der Waals surface area (Å²) in [7, 11) is 1.89. The van der Waals surface area contributed by atoms with Crippen LogP contribution in [0.1, 0.15) is 52.9 Å². The number of hydrogen-bond donors (Lipinski definition) is 4. The van der Waals surface area contributed by atoms with Crippen LogP contribution in [0, 0.1) is 0 Å². The molecule has 0 spiro atoms. The van der Waals surface area contributed by atoms with Gasteiger partial charge in [-0.25, -0.2) is 9.80 Å².